The first-order chi connectivity index (χ1) is 24.9. The van der Waals surface area contributed by atoms with Crippen molar-refractivity contribution in [1.82, 2.24) is 20.9 Å². The molecule has 16 nitrogen and oxygen atoms in total. The lowest BCUT2D eigenvalue weighted by Crippen LogP contribution is -2.39. The lowest BCUT2D eigenvalue weighted by molar-refractivity contribution is -0.130. The third kappa shape index (κ3) is 41.5. The Bertz CT molecular complexity index is 1160. The number of primary amides is 1. The van der Waals surface area contributed by atoms with Gasteiger partial charge in [0.1, 0.15) is 12.9 Å². The van der Waals surface area contributed by atoms with Crippen LogP contribution in [0.2, 0.25) is 0 Å². The lowest BCUT2D eigenvalue weighted by Gasteiger charge is -2.31. The number of allylic oxidation sites excluding steroid dienone is 1. The van der Waals surface area contributed by atoms with E-state index in [0.29, 0.717) is 51.0 Å². The molecule has 1 aromatic rings. The minimum absolute atomic E-state index is 0.00405. The second kappa shape index (κ2) is 35.6. The molecule has 53 heavy (non-hydrogen) atoms. The minimum Gasteiger partial charge on any atom is -0.463 e. The van der Waals surface area contributed by atoms with E-state index in [-0.39, 0.29) is 42.0 Å². The zero-order valence-electron chi connectivity index (χ0n) is 33.4. The maximum Gasteiger partial charge on any atom is 0.312 e. The second-order valence-corrected chi connectivity index (χ2v) is 13.1. The summed E-state index contributed by atoms with van der Waals surface area (Å²) in [4.78, 5) is 74.6. The van der Waals surface area contributed by atoms with Crippen LogP contribution in [0.1, 0.15) is 86.6 Å². The van der Waals surface area contributed by atoms with Gasteiger partial charge >= 0.3 is 6.03 Å². The van der Waals surface area contributed by atoms with Crippen molar-refractivity contribution in [2.75, 3.05) is 45.7 Å². The number of likely N-dealkylation sites (N-methyl/N-ethyl adjacent to an activating group) is 1. The fourth-order valence-corrected chi connectivity index (χ4v) is 3.33. The van der Waals surface area contributed by atoms with E-state index in [1.165, 1.54) is 18.6 Å². The van der Waals surface area contributed by atoms with E-state index in [9.17, 15) is 33.6 Å². The molecule has 0 aromatic heterocycles. The molecule has 0 aliphatic heterocycles. The average Bonchev–Trinajstić information content (AvgIpc) is 3.11. The number of ether oxygens (including phenoxy) is 2. The first-order valence-electron chi connectivity index (χ1n) is 17.2. The molecule has 1 aromatic carbocycles. The molecule has 304 valence electrons. The largest absolute Gasteiger partial charge is 0.463 e. The first kappa shape index (κ1) is 54.9. The molecule has 0 bridgehead atoms. The predicted octanol–water partition coefficient (Wildman–Crippen LogP) is 3.07. The van der Waals surface area contributed by atoms with Crippen LogP contribution >= 0.6 is 0 Å². The highest BCUT2D eigenvalue weighted by molar-refractivity contribution is 5.90. The predicted molar refractivity (Wildman–Crippen MR) is 207 cm³/mol. The number of carbonyl (C=O) groups is 7. The van der Waals surface area contributed by atoms with Gasteiger partial charge in [0.05, 0.1) is 18.8 Å². The molecule has 1 unspecified atom stereocenters. The minimum atomic E-state index is -0.549. The number of aldehydes is 1. The zero-order valence-corrected chi connectivity index (χ0v) is 33.4. The van der Waals surface area contributed by atoms with Crippen LogP contribution in [-0.4, -0.2) is 105 Å². The third-order valence-corrected chi connectivity index (χ3v) is 6.00. The van der Waals surface area contributed by atoms with Crippen LogP contribution in [-0.2, 0) is 44.8 Å². The van der Waals surface area contributed by atoms with E-state index in [1.807, 2.05) is 20.8 Å². The molecule has 0 aliphatic carbocycles. The molecule has 0 saturated heterocycles. The number of anilines is 1. The molecule has 0 spiro atoms. The first-order valence-corrected chi connectivity index (χ1v) is 17.2. The molecule has 1 rings (SSSR count). The van der Waals surface area contributed by atoms with Crippen LogP contribution < -0.4 is 27.0 Å². The van der Waals surface area contributed by atoms with Crippen molar-refractivity contribution in [3.63, 3.8) is 0 Å². The molecule has 0 fully saturated rings. The molecule has 0 aliphatic rings. The summed E-state index contributed by atoms with van der Waals surface area (Å²) in [7, 11) is 2.72. The molecular weight excluding hydrogens is 688 g/mol. The molecule has 0 heterocycles. The van der Waals surface area contributed by atoms with Crippen LogP contribution in [0.3, 0.4) is 0 Å². The summed E-state index contributed by atoms with van der Waals surface area (Å²) in [6.07, 6.45) is 7.62. The van der Waals surface area contributed by atoms with E-state index in [0.717, 1.165) is 31.9 Å². The molecule has 1 atom stereocenters. The standard InChI is InChI=1S/C15H27NO3.C9H18N4O3.C9H9NO3.C3H8.CH4O/c1-14(2,3)12-19-15(4,5)9-10-16(6)13(18)8-7-11-17;1-7(3-2-4-12-9(10)16)13-8(15)5-11-6-14;11-6-10-9-3-1-8(2-4-9)5-13-7-12;1-3-2;1-2/h7-8,11H,9-10,12H2,1-6H3;6-7H,2-5H2,1H3,(H,11,14)(H,13,15)(H3,10,12,16);1-4,6-7H,5H2,(H,10,11);3H2,1-2H3;2H,1H3/b8-7-;;;;. The number of nitrogens with one attached hydrogen (secondary N) is 4. The summed E-state index contributed by atoms with van der Waals surface area (Å²) in [5.41, 5.74) is 6.34. The summed E-state index contributed by atoms with van der Waals surface area (Å²) < 4.78 is 10.4. The summed E-state index contributed by atoms with van der Waals surface area (Å²) in [6.45, 7) is 18.9. The van der Waals surface area contributed by atoms with E-state index in [4.69, 9.17) is 15.6 Å². The Balaban J connectivity index is -0.000000323. The van der Waals surface area contributed by atoms with Crippen LogP contribution in [0.4, 0.5) is 10.5 Å². The van der Waals surface area contributed by atoms with Crippen molar-refractivity contribution in [2.45, 2.75) is 99.3 Å². The van der Waals surface area contributed by atoms with Crippen LogP contribution in [0.25, 0.3) is 0 Å². The van der Waals surface area contributed by atoms with Gasteiger partial charge in [-0.1, -0.05) is 53.2 Å². The van der Waals surface area contributed by atoms with Crippen LogP contribution in [0.15, 0.2) is 36.4 Å². The maximum absolute atomic E-state index is 11.6. The molecule has 0 radical (unpaired) electrons. The van der Waals surface area contributed by atoms with Crippen molar-refractivity contribution < 1.29 is 48.1 Å². The number of nitrogens with zero attached hydrogens (tertiary/aromatic N) is 1. The summed E-state index contributed by atoms with van der Waals surface area (Å²) in [5.74, 6) is -0.402. The fourth-order valence-electron chi connectivity index (χ4n) is 3.33. The molecule has 7 N–H and O–H groups in total. The molecule has 6 amide bonds. The number of hydrogen-bond acceptors (Lipinski definition) is 10. The number of benzene rings is 1. The highest BCUT2D eigenvalue weighted by atomic mass is 16.5. The quantitative estimate of drug-likeness (QED) is 0.0647. The number of urea groups is 1. The summed E-state index contributed by atoms with van der Waals surface area (Å²) in [6, 6.07) is 6.46. The summed E-state index contributed by atoms with van der Waals surface area (Å²) >= 11 is 0. The Kier molecular flexibility index (Phi) is 36.9. The molecule has 0 saturated carbocycles. The average molecular weight is 755 g/mol. The van der Waals surface area contributed by atoms with Crippen LogP contribution in [0.5, 0.6) is 0 Å². The number of carbonyl (C=O) groups excluding carboxylic acids is 7. The van der Waals surface area contributed by atoms with Gasteiger partial charge in [-0.2, -0.15) is 0 Å². The topological polar surface area (TPSA) is 236 Å². The van der Waals surface area contributed by atoms with Crippen molar-refractivity contribution in [3.8, 4) is 0 Å². The highest BCUT2D eigenvalue weighted by Crippen LogP contribution is 2.21. The highest BCUT2D eigenvalue weighted by Gasteiger charge is 2.23. The van der Waals surface area contributed by atoms with Gasteiger partial charge in [0.2, 0.25) is 24.6 Å². The van der Waals surface area contributed by atoms with Gasteiger partial charge < -0.3 is 46.5 Å². The van der Waals surface area contributed by atoms with E-state index < -0.39 is 6.03 Å². The maximum atomic E-state index is 11.6. The van der Waals surface area contributed by atoms with Gasteiger partial charge in [-0.3, -0.25) is 28.8 Å². The SMILES string of the molecule is CC(CCCNC(N)=O)NC(=O)CNC=O.CCC.CN(CCC(C)(C)OCC(C)(C)C)C(=O)/C=C\C=O.CO.O=CNc1ccc(COC=O)cc1. The second-order valence-electron chi connectivity index (χ2n) is 13.1. The number of hydrogen-bond donors (Lipinski definition) is 6. The van der Waals surface area contributed by atoms with Crippen molar-refractivity contribution in [1.29, 1.82) is 0 Å². The Morgan fingerprint density at radius 2 is 1.57 bits per heavy atom. The van der Waals surface area contributed by atoms with E-state index in [1.54, 1.807) is 36.2 Å². The monoisotopic (exact) mass is 754 g/mol. The van der Waals surface area contributed by atoms with Crippen molar-refractivity contribution in [3.05, 3.63) is 42.0 Å². The Morgan fingerprint density at radius 3 is 2.04 bits per heavy atom. The van der Waals surface area contributed by atoms with Gasteiger partial charge in [0, 0.05) is 45.1 Å². The van der Waals surface area contributed by atoms with Gasteiger partial charge in [0.25, 0.3) is 6.47 Å². The number of nitrogens with two attached hydrogens (primary N) is 1. The normalized spacial score (nSPS) is 10.6. The van der Waals surface area contributed by atoms with E-state index in [2.05, 4.69) is 60.6 Å². The summed E-state index contributed by atoms with van der Waals surface area (Å²) in [5, 5.41) is 16.9. The van der Waals surface area contributed by atoms with Gasteiger partial charge in [-0.25, -0.2) is 4.79 Å². The fraction of sp³-hybridized carbons (Fsp3) is 0.595. The van der Waals surface area contributed by atoms with Gasteiger partial charge in [-0.15, -0.1) is 0 Å². The Labute approximate surface area is 316 Å². The van der Waals surface area contributed by atoms with Crippen molar-refractivity contribution >= 4 is 49.1 Å². The number of rotatable bonds is 20. The molecule has 16 heteroatoms. The number of aliphatic hydroxyl groups excluding tert-OH is 1. The third-order valence-electron chi connectivity index (χ3n) is 6.00. The van der Waals surface area contributed by atoms with Gasteiger partial charge in [0.15, 0.2) is 0 Å². The van der Waals surface area contributed by atoms with Crippen LogP contribution in [0, 0.1) is 5.41 Å². The van der Waals surface area contributed by atoms with Crippen molar-refractivity contribution in [2.24, 2.45) is 11.1 Å². The molecular formula is C37H66N6O10. The smallest absolute Gasteiger partial charge is 0.312 e. The Hall–Kier alpha value is -4.83. The zero-order chi connectivity index (χ0) is 41.7. The van der Waals surface area contributed by atoms with E-state index >= 15 is 0 Å². The number of amides is 6. The Morgan fingerprint density at radius 1 is 0.981 bits per heavy atom. The van der Waals surface area contributed by atoms with Gasteiger partial charge in [-0.05, 0) is 69.2 Å². The lowest BCUT2D eigenvalue weighted by atomic mass is 9.97. The number of aliphatic hydroxyl groups is 1.